The fourth-order valence-corrected chi connectivity index (χ4v) is 0. The van der Waals surface area contributed by atoms with Gasteiger partial charge in [0.05, 0.1) is 0 Å². The van der Waals surface area contributed by atoms with Crippen LogP contribution < -0.4 is 135 Å². The van der Waals surface area contributed by atoms with Crippen LogP contribution in [0.1, 0.15) is 0 Å². The van der Waals surface area contributed by atoms with E-state index in [9.17, 15) is 0 Å². The maximum atomic E-state index is 4.58. The zero-order chi connectivity index (χ0) is 28.6. The molecule has 0 atom stereocenters. The van der Waals surface area contributed by atoms with Crippen molar-refractivity contribution in [2.24, 2.45) is 91.7 Å². The Morgan fingerprint density at radius 2 is 0.143 bits per heavy atom. The van der Waals surface area contributed by atoms with Crippen LogP contribution in [-0.4, -0.2) is 47.7 Å². The van der Waals surface area contributed by atoms with E-state index < -0.39 is 0 Å². The molecule has 55 heteroatoms. The van der Waals surface area contributed by atoms with Crippen LogP contribution in [0.5, 0.6) is 0 Å². The Kier molecular flexibility index (Phi) is 3100. The van der Waals surface area contributed by atoms with Gasteiger partial charge in [-0.1, -0.05) is 0 Å². The molecular formula is C8H48N24O24PtW6-36. The molecule has 0 unspecified atom stereocenters. The Morgan fingerprint density at radius 1 is 0.143 bits per heavy atom. The molecular weight excluding hydrogens is 2110 g/mol. The second kappa shape index (κ2) is 431. The Morgan fingerprint density at radius 3 is 0.143 bits per heavy atom. The average molecular weight is 2160 g/mol. The Balaban J connectivity index is -0.00000000264. The normalized spacial score (nSPS) is 3.05. The van der Waals surface area contributed by atoms with Gasteiger partial charge < -0.3 is 131 Å². The van der Waals surface area contributed by atoms with Crippen molar-refractivity contribution in [2.75, 3.05) is 0 Å². The van der Waals surface area contributed by atoms with E-state index in [4.69, 9.17) is 0 Å². The summed E-state index contributed by atoms with van der Waals surface area (Å²) >= 11 is 0. The van der Waals surface area contributed by atoms with E-state index in [1.165, 1.54) is 0 Å². The summed E-state index contributed by atoms with van der Waals surface area (Å²) in [5, 5.41) is 36.7. The van der Waals surface area contributed by atoms with Crippen LogP contribution in [0.4, 0.5) is 0 Å². The maximum Gasteiger partial charge on any atom is 4.00 e. The third-order valence-electron chi connectivity index (χ3n) is 0. The molecule has 0 heterocycles. The largest absolute Gasteiger partial charge is 4.00 e. The van der Waals surface area contributed by atoms with Crippen molar-refractivity contribution in [2.45, 2.75) is 0 Å². The molecule has 0 aliphatic carbocycles. The van der Waals surface area contributed by atoms with E-state index in [1.807, 2.05) is 0 Å². The SMILES string of the molecule is NC(N)=[NH2+].NC(N)=[NH2+].NC(N)=[NH2+].NC(N)=[NH2+].NC(N)=[NH2+].NC(N)=[NH2+].NC(N)=[NH2+].NC(N)=[NH2+].[O-2].[O-2].[O-2].[O-2].[O-2].[O-2].[O-2].[O-2].[O-2].[O-2].[O-2].[O-2].[O-2].[O-2].[O-2].[O-2].[O-2].[O-2].[O-2].[O-2].[O-2].[O-2].[O-2].[O-2].[Pt+4].[W].[W].[W].[W].[W].[W]. The van der Waals surface area contributed by atoms with E-state index >= 15 is 0 Å². The van der Waals surface area contributed by atoms with E-state index in [1.54, 1.807) is 0 Å². The third-order valence-corrected chi connectivity index (χ3v) is 0. The van der Waals surface area contributed by atoms with Crippen LogP contribution in [-0.2, 0) is 279 Å². The first kappa shape index (κ1) is 453. The van der Waals surface area contributed by atoms with Crippen molar-refractivity contribution < 1.29 is 322 Å². The minimum absolute atomic E-state index is 0. The summed E-state index contributed by atoms with van der Waals surface area (Å²) in [6.07, 6.45) is 0. The van der Waals surface area contributed by atoms with Crippen LogP contribution in [0.15, 0.2) is 0 Å². The van der Waals surface area contributed by atoms with Gasteiger partial charge >= 0.3 is 68.7 Å². The standard InChI is InChI=1S/8CH5N3.24O.Pt.6W/c8*2-1(3)4;;;;;;;;;;;;;;;;;;;;;;;;;;;;;;;/h8*(H5,2,3,4);;;;;;;;;;;;;;;;;;;;;;;;;;;;;;;/q;;;;;;;;24*-2;+4;;;;;;/p+8. The van der Waals surface area contributed by atoms with Gasteiger partial charge in [0, 0.05) is 126 Å². The molecule has 0 fully saturated rings. The molecule has 48 N–H and O–H groups in total. The molecule has 0 aromatic heterocycles. The van der Waals surface area contributed by atoms with E-state index in [2.05, 4.69) is 135 Å². The maximum absolute atomic E-state index is 4.58. The summed E-state index contributed by atoms with van der Waals surface area (Å²) in [5.74, 6) is -0.667. The molecule has 0 spiro atoms. The minimum Gasteiger partial charge on any atom is -2.00 e. The van der Waals surface area contributed by atoms with Gasteiger partial charge in [0.25, 0.3) is 0 Å². The first-order chi connectivity index (χ1) is 13.9. The minimum atomic E-state index is -0.0833. The zero-order valence-electron chi connectivity index (χ0n) is 30.4. The monoisotopic (exact) mass is 2160 g/mol. The van der Waals surface area contributed by atoms with Gasteiger partial charge in [0.15, 0.2) is 0 Å². The van der Waals surface area contributed by atoms with Crippen LogP contribution >= 0.6 is 0 Å². The summed E-state index contributed by atoms with van der Waals surface area (Å²) in [4.78, 5) is 0. The molecule has 0 radical (unpaired) electrons. The smallest absolute Gasteiger partial charge is 2.00 e. The predicted octanol–water partition coefficient (Wildman–Crippen LogP) is -26.7. The van der Waals surface area contributed by atoms with E-state index in [0.29, 0.717) is 0 Å². The van der Waals surface area contributed by atoms with Gasteiger partial charge in [0.2, 0.25) is 0 Å². The predicted molar refractivity (Wildman–Crippen MR) is 139 cm³/mol. The van der Waals surface area contributed by atoms with E-state index in [-0.39, 0.29) is 327 Å². The summed E-state index contributed by atoms with van der Waals surface area (Å²) < 4.78 is 0. The summed E-state index contributed by atoms with van der Waals surface area (Å²) in [6.45, 7) is 0. The second-order valence-corrected chi connectivity index (χ2v) is 4.00. The molecule has 0 saturated heterocycles. The Labute approximate surface area is 458 Å². The number of hydrogen-bond acceptors (Lipinski definition) is 0. The topological polar surface area (TPSA) is 1310 Å². The number of hydrogen-bond donors (Lipinski definition) is 24. The van der Waals surface area contributed by atoms with Crippen LogP contribution in [0.25, 0.3) is 0 Å². The molecule has 48 nitrogen and oxygen atoms in total. The third kappa shape index (κ3) is 51400. The average Bonchev–Trinajstić information content (AvgIpc) is 2.30. The van der Waals surface area contributed by atoms with Crippen molar-refractivity contribution in [1.82, 2.24) is 0 Å². The van der Waals surface area contributed by atoms with Crippen molar-refractivity contribution >= 4 is 47.7 Å². The van der Waals surface area contributed by atoms with Crippen molar-refractivity contribution in [3.8, 4) is 0 Å². The van der Waals surface area contributed by atoms with Crippen molar-refractivity contribution in [1.29, 1.82) is 0 Å². The number of nitrogens with two attached hydrogens (primary N) is 24. The van der Waals surface area contributed by atoms with Crippen molar-refractivity contribution in [3.63, 3.8) is 0 Å². The first-order valence-corrected chi connectivity index (χ1v) is 6.93. The first-order valence-electron chi connectivity index (χ1n) is 6.93. The Bertz CT molecular complexity index is 445. The van der Waals surface area contributed by atoms with Gasteiger partial charge in [0.1, 0.15) is 0 Å². The molecule has 0 aliphatic heterocycles. The van der Waals surface area contributed by atoms with Crippen LogP contribution in [0, 0.1) is 0 Å². The summed E-state index contributed by atoms with van der Waals surface area (Å²) in [5.41, 5.74) is 73.3. The number of guanidine groups is 8. The van der Waals surface area contributed by atoms with E-state index in [0.717, 1.165) is 0 Å². The Hall–Kier alpha value is -1.98. The molecule has 0 saturated carbocycles. The van der Waals surface area contributed by atoms with Gasteiger partial charge in [-0.15, -0.1) is 0 Å². The second-order valence-electron chi connectivity index (χ2n) is 4.00. The van der Waals surface area contributed by atoms with Crippen LogP contribution in [0.3, 0.4) is 0 Å². The van der Waals surface area contributed by atoms with Crippen LogP contribution in [0.2, 0.25) is 0 Å². The molecule has 0 amide bonds. The van der Waals surface area contributed by atoms with Gasteiger partial charge in [-0.05, 0) is 0 Å². The molecule has 0 aliphatic rings. The van der Waals surface area contributed by atoms with Gasteiger partial charge in [-0.25, -0.2) is 0 Å². The van der Waals surface area contributed by atoms with Crippen molar-refractivity contribution in [3.05, 3.63) is 0 Å². The number of rotatable bonds is 0. The summed E-state index contributed by atoms with van der Waals surface area (Å²) in [6, 6.07) is 0. The van der Waals surface area contributed by atoms with Gasteiger partial charge in [-0.2, -0.15) is 0 Å². The molecule has 63 heavy (non-hydrogen) atoms. The quantitative estimate of drug-likeness (QED) is 0.0791. The molecule has 0 aromatic rings. The fourth-order valence-electron chi connectivity index (χ4n) is 0. The fraction of sp³-hybridized carbons (Fsp3) is 0. The molecule has 0 bridgehead atoms. The molecule has 0 aromatic carbocycles. The van der Waals surface area contributed by atoms with Gasteiger partial charge in [-0.3, -0.25) is 135 Å². The molecule has 0 rings (SSSR count). The summed E-state index contributed by atoms with van der Waals surface area (Å²) in [7, 11) is 0. The molecule has 426 valence electrons. The zero-order valence-corrected chi connectivity index (χ0v) is 50.3.